The van der Waals surface area contributed by atoms with Crippen LogP contribution >= 0.6 is 0 Å². The summed E-state index contributed by atoms with van der Waals surface area (Å²) in [4.78, 5) is 0. The lowest BCUT2D eigenvalue weighted by Gasteiger charge is -1.92. The standard InChI is InChI=1S/C8H15/c1-3-5-7-8-6-4-2/h3,5,7H,4,6,8H2,1-2H3. The second-order valence-corrected chi connectivity index (χ2v) is 1.90. The topological polar surface area (TPSA) is 0 Å². The summed E-state index contributed by atoms with van der Waals surface area (Å²) in [6.07, 6.45) is 10.2. The van der Waals surface area contributed by atoms with Crippen molar-refractivity contribution in [1.82, 2.24) is 0 Å². The normalized spacial score (nSPS) is 9.75. The summed E-state index contributed by atoms with van der Waals surface area (Å²) >= 11 is 0. The molecule has 0 rings (SSSR count). The van der Waals surface area contributed by atoms with Crippen LogP contribution in [0.2, 0.25) is 0 Å². The Bertz CT molecular complexity index is 25.0. The van der Waals surface area contributed by atoms with Crippen LogP contribution in [0, 0.1) is 19.3 Å². The van der Waals surface area contributed by atoms with E-state index in [0.717, 1.165) is 0 Å². The largest absolute Gasteiger partial charge is 0.0654 e. The molecular weight excluding hydrogens is 96.1 g/mol. The van der Waals surface area contributed by atoms with Gasteiger partial charge in [0.15, 0.2) is 0 Å². The van der Waals surface area contributed by atoms with Gasteiger partial charge < -0.3 is 0 Å². The molecule has 0 aromatic heterocycles. The zero-order valence-electron chi connectivity index (χ0n) is 5.85. The Balaban J connectivity index is 2.53. The lowest BCUT2D eigenvalue weighted by atomic mass is 10.1. The van der Waals surface area contributed by atoms with Crippen molar-refractivity contribution in [2.24, 2.45) is 0 Å². The van der Waals surface area contributed by atoms with Gasteiger partial charge in [-0.3, -0.25) is 0 Å². The van der Waals surface area contributed by atoms with E-state index < -0.39 is 0 Å². The maximum Gasteiger partial charge on any atom is -0.0321 e. The third kappa shape index (κ3) is 6.00. The number of hydrogen-bond donors (Lipinski definition) is 0. The van der Waals surface area contributed by atoms with Crippen LogP contribution in [0.5, 0.6) is 0 Å². The molecule has 0 bridgehead atoms. The van der Waals surface area contributed by atoms with E-state index in [0.29, 0.717) is 0 Å². The molecule has 0 heteroatoms. The smallest absolute Gasteiger partial charge is 0.0321 e. The Morgan fingerprint density at radius 3 is 2.62 bits per heavy atom. The van der Waals surface area contributed by atoms with Gasteiger partial charge in [-0.1, -0.05) is 26.7 Å². The highest BCUT2D eigenvalue weighted by Crippen LogP contribution is 2.00. The zero-order chi connectivity index (χ0) is 6.24. The van der Waals surface area contributed by atoms with Gasteiger partial charge in [-0.05, 0) is 25.7 Å². The minimum atomic E-state index is 1.24. The average Bonchev–Trinajstić information content (AvgIpc) is 1.81. The molecule has 0 amide bonds. The summed E-state index contributed by atoms with van der Waals surface area (Å²) in [6, 6.07) is 0. The molecule has 3 radical (unpaired) electrons. The Labute approximate surface area is 53.3 Å². The monoisotopic (exact) mass is 111 g/mol. The molecule has 0 aliphatic rings. The molecule has 0 nitrogen and oxygen atoms in total. The van der Waals surface area contributed by atoms with Crippen LogP contribution in [0.25, 0.3) is 0 Å². The summed E-state index contributed by atoms with van der Waals surface area (Å²) in [6.45, 7) is 4.26. The highest BCUT2D eigenvalue weighted by atomic mass is 13.9. The molecule has 0 saturated heterocycles. The van der Waals surface area contributed by atoms with E-state index in [2.05, 4.69) is 26.2 Å². The van der Waals surface area contributed by atoms with Gasteiger partial charge in [0.2, 0.25) is 0 Å². The van der Waals surface area contributed by atoms with Crippen molar-refractivity contribution >= 4 is 0 Å². The van der Waals surface area contributed by atoms with Crippen LogP contribution in [0.4, 0.5) is 0 Å². The molecule has 47 valence electrons. The summed E-state index contributed by atoms with van der Waals surface area (Å²) in [5.41, 5.74) is 0. The third-order valence-electron chi connectivity index (χ3n) is 1.05. The first-order valence-corrected chi connectivity index (χ1v) is 3.36. The van der Waals surface area contributed by atoms with Crippen molar-refractivity contribution in [3.05, 3.63) is 19.3 Å². The van der Waals surface area contributed by atoms with E-state index in [-0.39, 0.29) is 0 Å². The molecule has 0 heterocycles. The van der Waals surface area contributed by atoms with Gasteiger partial charge in [0.25, 0.3) is 0 Å². The molecule has 0 aliphatic carbocycles. The quantitative estimate of drug-likeness (QED) is 0.478. The Kier molecular flexibility index (Phi) is 7.00. The predicted molar refractivity (Wildman–Crippen MR) is 38.1 cm³/mol. The van der Waals surface area contributed by atoms with Gasteiger partial charge in [0.1, 0.15) is 0 Å². The van der Waals surface area contributed by atoms with Gasteiger partial charge >= 0.3 is 0 Å². The molecule has 0 aromatic carbocycles. The average molecular weight is 111 g/mol. The molecule has 0 fully saturated rings. The number of unbranched alkanes of at least 4 members (excludes halogenated alkanes) is 5. The van der Waals surface area contributed by atoms with Crippen molar-refractivity contribution < 1.29 is 0 Å². The highest BCUT2D eigenvalue weighted by Gasteiger charge is 1.84. The maximum absolute atomic E-state index is 2.21. The zero-order valence-corrected chi connectivity index (χ0v) is 5.85. The van der Waals surface area contributed by atoms with Crippen LogP contribution in [-0.2, 0) is 0 Å². The lowest BCUT2D eigenvalue weighted by Crippen LogP contribution is -1.77. The third-order valence-corrected chi connectivity index (χ3v) is 1.05. The molecule has 0 aromatic rings. The second kappa shape index (κ2) is 7.00. The van der Waals surface area contributed by atoms with Crippen molar-refractivity contribution in [2.45, 2.75) is 33.1 Å². The van der Waals surface area contributed by atoms with E-state index in [1.807, 2.05) is 6.92 Å². The second-order valence-electron chi connectivity index (χ2n) is 1.90. The van der Waals surface area contributed by atoms with Crippen molar-refractivity contribution in [1.29, 1.82) is 0 Å². The molecule has 0 N–H and O–H groups in total. The van der Waals surface area contributed by atoms with Gasteiger partial charge in [-0.25, -0.2) is 0 Å². The van der Waals surface area contributed by atoms with Gasteiger partial charge in [0.05, 0.1) is 0 Å². The molecule has 8 heavy (non-hydrogen) atoms. The van der Waals surface area contributed by atoms with Gasteiger partial charge in [-0.15, -0.1) is 0 Å². The Morgan fingerprint density at radius 1 is 1.38 bits per heavy atom. The summed E-state index contributed by atoms with van der Waals surface area (Å²) < 4.78 is 0. The fourth-order valence-electron chi connectivity index (χ4n) is 0.554. The molecular formula is C8H15. The molecule has 0 atom stereocenters. The van der Waals surface area contributed by atoms with Crippen molar-refractivity contribution in [3.63, 3.8) is 0 Å². The number of hydrogen-bond acceptors (Lipinski definition) is 0. The van der Waals surface area contributed by atoms with Crippen LogP contribution < -0.4 is 0 Å². The Hall–Kier alpha value is 0. The molecule has 0 unspecified atom stereocenters. The molecule has 0 saturated carbocycles. The minimum Gasteiger partial charge on any atom is -0.0654 e. The fourth-order valence-corrected chi connectivity index (χ4v) is 0.554. The summed E-state index contributed by atoms with van der Waals surface area (Å²) in [7, 11) is 0. The maximum atomic E-state index is 2.21. The lowest BCUT2D eigenvalue weighted by molar-refractivity contribution is 0.788. The first-order valence-electron chi connectivity index (χ1n) is 3.36. The first kappa shape index (κ1) is 8.00. The summed E-state index contributed by atoms with van der Waals surface area (Å²) in [5.74, 6) is 0. The van der Waals surface area contributed by atoms with Crippen molar-refractivity contribution in [3.8, 4) is 0 Å². The van der Waals surface area contributed by atoms with Crippen LogP contribution in [-0.4, -0.2) is 0 Å². The van der Waals surface area contributed by atoms with Crippen LogP contribution in [0.3, 0.4) is 0 Å². The summed E-state index contributed by atoms with van der Waals surface area (Å²) in [5, 5.41) is 0. The van der Waals surface area contributed by atoms with Crippen molar-refractivity contribution in [2.75, 3.05) is 0 Å². The van der Waals surface area contributed by atoms with Crippen LogP contribution in [0.15, 0.2) is 0 Å². The van der Waals surface area contributed by atoms with Gasteiger partial charge in [0, 0.05) is 0 Å². The molecule has 0 spiro atoms. The van der Waals surface area contributed by atoms with E-state index in [4.69, 9.17) is 0 Å². The predicted octanol–water partition coefficient (Wildman–Crippen LogP) is 2.81. The Morgan fingerprint density at radius 2 is 2.12 bits per heavy atom. The fraction of sp³-hybridized carbons (Fsp3) is 0.625. The highest BCUT2D eigenvalue weighted by molar-refractivity contribution is 4.92. The van der Waals surface area contributed by atoms with E-state index in [9.17, 15) is 0 Å². The molecule has 0 aliphatic heterocycles. The minimum absolute atomic E-state index is 1.24. The van der Waals surface area contributed by atoms with Gasteiger partial charge in [-0.2, -0.15) is 0 Å². The SMILES string of the molecule is C[CH][CH][CH]CCCC. The van der Waals surface area contributed by atoms with E-state index in [1.165, 1.54) is 19.3 Å². The van der Waals surface area contributed by atoms with Crippen LogP contribution in [0.1, 0.15) is 33.1 Å². The van der Waals surface area contributed by atoms with E-state index >= 15 is 0 Å². The number of rotatable bonds is 5. The first-order chi connectivity index (χ1) is 3.91. The van der Waals surface area contributed by atoms with E-state index in [1.54, 1.807) is 0 Å².